The van der Waals surface area contributed by atoms with E-state index in [0.717, 1.165) is 31.9 Å². The van der Waals surface area contributed by atoms with Gasteiger partial charge in [-0.1, -0.05) is 12.1 Å². The van der Waals surface area contributed by atoms with Crippen molar-refractivity contribution in [2.75, 3.05) is 26.3 Å². The number of rotatable bonds is 6. The third-order valence-electron chi connectivity index (χ3n) is 3.82. The SMILES string of the molecule is CC(N)Cc1ccc(OCC2CN(C(C)C)CCO2)cc1. The van der Waals surface area contributed by atoms with Crippen LogP contribution in [0.25, 0.3) is 0 Å². The molecular formula is C17H28N2O2. The number of benzene rings is 1. The Morgan fingerprint density at radius 1 is 1.29 bits per heavy atom. The van der Waals surface area contributed by atoms with E-state index in [0.29, 0.717) is 12.6 Å². The number of nitrogens with zero attached hydrogens (tertiary/aromatic N) is 1. The molecule has 0 saturated carbocycles. The average Bonchev–Trinajstić information content (AvgIpc) is 2.46. The largest absolute Gasteiger partial charge is 0.491 e. The summed E-state index contributed by atoms with van der Waals surface area (Å²) in [7, 11) is 0. The van der Waals surface area contributed by atoms with Crippen molar-refractivity contribution in [2.45, 2.75) is 45.4 Å². The highest BCUT2D eigenvalue weighted by Crippen LogP contribution is 2.15. The molecule has 1 aromatic rings. The van der Waals surface area contributed by atoms with Gasteiger partial charge in [0.25, 0.3) is 0 Å². The van der Waals surface area contributed by atoms with Crippen LogP contribution >= 0.6 is 0 Å². The Kier molecular flexibility index (Phi) is 6.03. The van der Waals surface area contributed by atoms with Crippen LogP contribution in [0.3, 0.4) is 0 Å². The molecule has 0 amide bonds. The van der Waals surface area contributed by atoms with Gasteiger partial charge in [-0.2, -0.15) is 0 Å². The molecule has 2 rings (SSSR count). The van der Waals surface area contributed by atoms with Crippen LogP contribution in [0, 0.1) is 0 Å². The highest BCUT2D eigenvalue weighted by molar-refractivity contribution is 5.27. The molecule has 1 saturated heterocycles. The predicted octanol–water partition coefficient (Wildman–Crippen LogP) is 2.06. The van der Waals surface area contributed by atoms with Crippen molar-refractivity contribution in [2.24, 2.45) is 5.73 Å². The van der Waals surface area contributed by atoms with E-state index in [2.05, 4.69) is 30.9 Å². The van der Waals surface area contributed by atoms with Gasteiger partial charge in [0.2, 0.25) is 0 Å². The number of nitrogens with two attached hydrogens (primary N) is 1. The molecule has 1 heterocycles. The Morgan fingerprint density at radius 3 is 2.62 bits per heavy atom. The second-order valence-electron chi connectivity index (χ2n) is 6.22. The van der Waals surface area contributed by atoms with Gasteiger partial charge in [0.05, 0.1) is 6.61 Å². The van der Waals surface area contributed by atoms with E-state index in [1.54, 1.807) is 0 Å². The molecule has 2 unspecified atom stereocenters. The van der Waals surface area contributed by atoms with Gasteiger partial charge in [-0.05, 0) is 44.9 Å². The van der Waals surface area contributed by atoms with E-state index in [1.165, 1.54) is 5.56 Å². The Bertz CT molecular complexity index is 417. The monoisotopic (exact) mass is 292 g/mol. The van der Waals surface area contributed by atoms with Crippen molar-refractivity contribution in [1.82, 2.24) is 4.90 Å². The Morgan fingerprint density at radius 2 is 2.00 bits per heavy atom. The van der Waals surface area contributed by atoms with Gasteiger partial charge in [0, 0.05) is 25.2 Å². The number of morpholine rings is 1. The Labute approximate surface area is 128 Å². The Balaban J connectivity index is 1.80. The molecule has 4 heteroatoms. The minimum absolute atomic E-state index is 0.157. The standard InChI is InChI=1S/C17H28N2O2/c1-13(2)19-8-9-20-17(11-19)12-21-16-6-4-15(5-7-16)10-14(3)18/h4-7,13-14,17H,8-12,18H2,1-3H3. The van der Waals surface area contributed by atoms with E-state index in [4.69, 9.17) is 15.2 Å². The second-order valence-corrected chi connectivity index (χ2v) is 6.22. The van der Waals surface area contributed by atoms with Crippen LogP contribution < -0.4 is 10.5 Å². The molecule has 0 spiro atoms. The summed E-state index contributed by atoms with van der Waals surface area (Å²) in [4.78, 5) is 2.43. The topological polar surface area (TPSA) is 47.7 Å². The van der Waals surface area contributed by atoms with E-state index in [-0.39, 0.29) is 12.1 Å². The molecule has 2 N–H and O–H groups in total. The minimum atomic E-state index is 0.157. The van der Waals surface area contributed by atoms with Crippen molar-refractivity contribution in [1.29, 1.82) is 0 Å². The van der Waals surface area contributed by atoms with Gasteiger partial charge < -0.3 is 15.2 Å². The van der Waals surface area contributed by atoms with Crippen LogP contribution in [0.2, 0.25) is 0 Å². The van der Waals surface area contributed by atoms with Crippen LogP contribution in [0.15, 0.2) is 24.3 Å². The summed E-state index contributed by atoms with van der Waals surface area (Å²) in [6.07, 6.45) is 1.06. The summed E-state index contributed by atoms with van der Waals surface area (Å²) in [5.41, 5.74) is 7.05. The summed E-state index contributed by atoms with van der Waals surface area (Å²) in [5, 5.41) is 0. The van der Waals surface area contributed by atoms with Gasteiger partial charge in [-0.25, -0.2) is 0 Å². The van der Waals surface area contributed by atoms with E-state index in [9.17, 15) is 0 Å². The first kappa shape index (κ1) is 16.3. The maximum Gasteiger partial charge on any atom is 0.119 e. The zero-order chi connectivity index (χ0) is 15.2. The van der Waals surface area contributed by atoms with Crippen LogP contribution in [0.4, 0.5) is 0 Å². The smallest absolute Gasteiger partial charge is 0.119 e. The lowest BCUT2D eigenvalue weighted by Gasteiger charge is -2.35. The third-order valence-corrected chi connectivity index (χ3v) is 3.82. The molecule has 118 valence electrons. The highest BCUT2D eigenvalue weighted by Gasteiger charge is 2.22. The molecule has 0 aliphatic carbocycles. The average molecular weight is 292 g/mol. The lowest BCUT2D eigenvalue weighted by molar-refractivity contribution is -0.0564. The van der Waals surface area contributed by atoms with E-state index >= 15 is 0 Å². The van der Waals surface area contributed by atoms with Gasteiger partial charge in [-0.15, -0.1) is 0 Å². The Hall–Kier alpha value is -1.10. The maximum absolute atomic E-state index is 5.85. The molecule has 1 fully saturated rings. The zero-order valence-electron chi connectivity index (χ0n) is 13.4. The summed E-state index contributed by atoms with van der Waals surface area (Å²) in [6.45, 7) is 9.82. The molecule has 0 radical (unpaired) electrons. The third kappa shape index (κ3) is 5.30. The van der Waals surface area contributed by atoms with Crippen LogP contribution in [0.1, 0.15) is 26.3 Å². The number of ether oxygens (including phenoxy) is 2. The van der Waals surface area contributed by atoms with Gasteiger partial charge in [0.1, 0.15) is 18.5 Å². The molecule has 0 aromatic heterocycles. The number of hydrogen-bond acceptors (Lipinski definition) is 4. The quantitative estimate of drug-likeness (QED) is 0.872. The van der Waals surface area contributed by atoms with Crippen LogP contribution in [-0.2, 0) is 11.2 Å². The zero-order valence-corrected chi connectivity index (χ0v) is 13.4. The van der Waals surface area contributed by atoms with Gasteiger partial charge in [-0.3, -0.25) is 4.90 Å². The molecule has 4 nitrogen and oxygen atoms in total. The minimum Gasteiger partial charge on any atom is -0.491 e. The van der Waals surface area contributed by atoms with Crippen molar-refractivity contribution in [3.63, 3.8) is 0 Å². The normalized spacial score (nSPS) is 21.5. The molecule has 1 aliphatic heterocycles. The lowest BCUT2D eigenvalue weighted by atomic mass is 10.1. The molecule has 2 atom stereocenters. The van der Waals surface area contributed by atoms with Crippen molar-refractivity contribution in [3.8, 4) is 5.75 Å². The van der Waals surface area contributed by atoms with Crippen molar-refractivity contribution in [3.05, 3.63) is 29.8 Å². The fourth-order valence-corrected chi connectivity index (χ4v) is 2.59. The highest BCUT2D eigenvalue weighted by atomic mass is 16.5. The molecule has 1 aliphatic rings. The fourth-order valence-electron chi connectivity index (χ4n) is 2.59. The molecule has 0 bridgehead atoms. The fraction of sp³-hybridized carbons (Fsp3) is 0.647. The predicted molar refractivity (Wildman–Crippen MR) is 85.7 cm³/mol. The second kappa shape index (κ2) is 7.78. The molecular weight excluding hydrogens is 264 g/mol. The number of hydrogen-bond donors (Lipinski definition) is 1. The van der Waals surface area contributed by atoms with Crippen molar-refractivity contribution >= 4 is 0 Å². The molecule has 21 heavy (non-hydrogen) atoms. The summed E-state index contributed by atoms with van der Waals surface area (Å²) in [5.74, 6) is 0.897. The van der Waals surface area contributed by atoms with Crippen LogP contribution in [0.5, 0.6) is 5.75 Å². The van der Waals surface area contributed by atoms with Crippen molar-refractivity contribution < 1.29 is 9.47 Å². The van der Waals surface area contributed by atoms with E-state index < -0.39 is 0 Å². The van der Waals surface area contributed by atoms with Gasteiger partial charge in [0.15, 0.2) is 0 Å². The maximum atomic E-state index is 5.85. The first-order valence-electron chi connectivity index (χ1n) is 7.87. The summed E-state index contributed by atoms with van der Waals surface area (Å²) >= 11 is 0. The summed E-state index contributed by atoms with van der Waals surface area (Å²) < 4.78 is 11.6. The molecule has 1 aromatic carbocycles. The van der Waals surface area contributed by atoms with Gasteiger partial charge >= 0.3 is 0 Å². The first-order valence-corrected chi connectivity index (χ1v) is 7.87. The van der Waals surface area contributed by atoms with E-state index in [1.807, 2.05) is 19.1 Å². The van der Waals surface area contributed by atoms with Crippen LogP contribution in [-0.4, -0.2) is 49.4 Å². The summed E-state index contributed by atoms with van der Waals surface area (Å²) in [6, 6.07) is 8.95. The lowest BCUT2D eigenvalue weighted by Crippen LogP contribution is -2.47. The first-order chi connectivity index (χ1) is 10.0.